The molecule has 2 heterocycles. The lowest BCUT2D eigenvalue weighted by atomic mass is 10.3. The molecule has 0 aliphatic heterocycles. The van der Waals surface area contributed by atoms with Crippen molar-refractivity contribution in [2.24, 2.45) is 5.73 Å². The van der Waals surface area contributed by atoms with Gasteiger partial charge >= 0.3 is 0 Å². The summed E-state index contributed by atoms with van der Waals surface area (Å²) in [6, 6.07) is 2.07. The zero-order chi connectivity index (χ0) is 15.7. The molecule has 0 spiro atoms. The van der Waals surface area contributed by atoms with Crippen LogP contribution in [0.5, 0.6) is 0 Å². The molecule has 9 heteroatoms. The normalized spacial score (nSPS) is 14.0. The predicted molar refractivity (Wildman–Crippen MR) is 85.2 cm³/mol. The third-order valence-corrected chi connectivity index (χ3v) is 5.04. The van der Waals surface area contributed by atoms with Gasteiger partial charge in [-0.1, -0.05) is 11.8 Å². The number of hydrogen-bond donors (Lipinski definition) is 2. The smallest absolute Gasteiger partial charge is 0.251 e. The topological polar surface area (TPSA) is 103 Å². The van der Waals surface area contributed by atoms with Crippen molar-refractivity contribution < 1.29 is 9.59 Å². The van der Waals surface area contributed by atoms with Gasteiger partial charge in [0.1, 0.15) is 10.8 Å². The van der Waals surface area contributed by atoms with E-state index >= 15 is 0 Å². The lowest BCUT2D eigenvalue weighted by molar-refractivity contribution is -0.113. The van der Waals surface area contributed by atoms with Gasteiger partial charge in [-0.05, 0) is 31.2 Å². The van der Waals surface area contributed by atoms with Crippen LogP contribution in [0, 0.1) is 6.92 Å². The van der Waals surface area contributed by atoms with Crippen molar-refractivity contribution >= 4 is 39.9 Å². The van der Waals surface area contributed by atoms with Crippen molar-refractivity contribution in [2.75, 3.05) is 11.1 Å². The predicted octanol–water partition coefficient (Wildman–Crippen LogP) is 1.81. The molecule has 1 aliphatic carbocycles. The molecule has 0 saturated heterocycles. The Bertz CT molecular complexity index is 720. The van der Waals surface area contributed by atoms with Crippen LogP contribution in [0.2, 0.25) is 0 Å². The van der Waals surface area contributed by atoms with Crippen LogP contribution in [0.3, 0.4) is 0 Å². The second-order valence-electron chi connectivity index (χ2n) is 5.00. The van der Waals surface area contributed by atoms with E-state index in [1.807, 2.05) is 6.92 Å². The number of carbonyl (C=O) groups excluding carboxylic acids is 2. The van der Waals surface area contributed by atoms with Gasteiger partial charge in [-0.25, -0.2) is 0 Å². The molecule has 0 aromatic carbocycles. The van der Waals surface area contributed by atoms with Crippen LogP contribution in [0.15, 0.2) is 16.6 Å². The number of anilines is 1. The highest BCUT2D eigenvalue weighted by Gasteiger charge is 2.28. The molecule has 1 saturated carbocycles. The van der Waals surface area contributed by atoms with E-state index in [4.69, 9.17) is 5.73 Å². The minimum absolute atomic E-state index is 0.196. The largest absolute Gasteiger partial charge is 0.366 e. The number of amides is 2. The molecular weight excluding hydrogens is 322 g/mol. The molecule has 116 valence electrons. The van der Waals surface area contributed by atoms with Crippen molar-refractivity contribution in [3.8, 4) is 0 Å². The third-order valence-electron chi connectivity index (χ3n) is 3.26. The fourth-order valence-corrected chi connectivity index (χ4v) is 3.75. The molecule has 2 aromatic heterocycles. The molecule has 0 radical (unpaired) electrons. The molecule has 3 N–H and O–H groups in total. The number of thiophene rings is 1. The maximum atomic E-state index is 12.0. The summed E-state index contributed by atoms with van der Waals surface area (Å²) in [5.41, 5.74) is 5.59. The Morgan fingerprint density at radius 3 is 2.95 bits per heavy atom. The number of aromatic nitrogens is 3. The van der Waals surface area contributed by atoms with Gasteiger partial charge in [-0.3, -0.25) is 9.59 Å². The Hall–Kier alpha value is -1.87. The van der Waals surface area contributed by atoms with E-state index in [0.717, 1.165) is 23.8 Å². The van der Waals surface area contributed by atoms with Gasteiger partial charge in [0.2, 0.25) is 5.91 Å². The van der Waals surface area contributed by atoms with Gasteiger partial charge < -0.3 is 15.6 Å². The zero-order valence-corrected chi connectivity index (χ0v) is 13.5. The first-order valence-corrected chi connectivity index (χ1v) is 8.64. The number of primary amides is 1. The number of rotatable bonds is 6. The average Bonchev–Trinajstić information content (AvgIpc) is 3.07. The van der Waals surface area contributed by atoms with Gasteiger partial charge in [0.15, 0.2) is 5.16 Å². The number of nitrogens with one attached hydrogen (secondary N) is 1. The van der Waals surface area contributed by atoms with Gasteiger partial charge in [-0.15, -0.1) is 21.5 Å². The minimum atomic E-state index is -0.548. The Kier molecular flexibility index (Phi) is 4.16. The molecular formula is C13H15N5O2S2. The quantitative estimate of drug-likeness (QED) is 0.783. The lowest BCUT2D eigenvalue weighted by Gasteiger charge is -2.07. The molecule has 0 bridgehead atoms. The summed E-state index contributed by atoms with van der Waals surface area (Å²) >= 11 is 2.62. The average molecular weight is 337 g/mol. The second-order valence-corrected chi connectivity index (χ2v) is 6.85. The van der Waals surface area contributed by atoms with Crippen LogP contribution in [0.4, 0.5) is 5.00 Å². The number of thioether (sulfide) groups is 1. The summed E-state index contributed by atoms with van der Waals surface area (Å²) < 4.78 is 2.08. The molecule has 1 fully saturated rings. The Morgan fingerprint density at radius 2 is 2.27 bits per heavy atom. The monoisotopic (exact) mass is 337 g/mol. The maximum absolute atomic E-state index is 12.0. The van der Waals surface area contributed by atoms with Crippen molar-refractivity contribution in [1.82, 2.24) is 14.8 Å². The summed E-state index contributed by atoms with van der Waals surface area (Å²) in [7, 11) is 0. The van der Waals surface area contributed by atoms with Crippen LogP contribution >= 0.6 is 23.1 Å². The van der Waals surface area contributed by atoms with E-state index in [1.165, 1.54) is 23.1 Å². The van der Waals surface area contributed by atoms with Crippen molar-refractivity contribution in [3.63, 3.8) is 0 Å². The zero-order valence-electron chi connectivity index (χ0n) is 11.9. The van der Waals surface area contributed by atoms with Crippen LogP contribution in [-0.4, -0.2) is 32.3 Å². The van der Waals surface area contributed by atoms with E-state index < -0.39 is 5.91 Å². The maximum Gasteiger partial charge on any atom is 0.251 e. The summed E-state index contributed by atoms with van der Waals surface area (Å²) in [5.74, 6) is 0.340. The Labute approximate surface area is 135 Å². The molecule has 3 rings (SSSR count). The first kappa shape index (κ1) is 15.0. The Morgan fingerprint density at radius 1 is 1.50 bits per heavy atom. The molecule has 22 heavy (non-hydrogen) atoms. The molecule has 7 nitrogen and oxygen atoms in total. The fourth-order valence-electron chi connectivity index (χ4n) is 2.09. The van der Waals surface area contributed by atoms with Crippen LogP contribution in [0.25, 0.3) is 0 Å². The molecule has 0 atom stereocenters. The first-order chi connectivity index (χ1) is 10.6. The van der Waals surface area contributed by atoms with Gasteiger partial charge in [-0.2, -0.15) is 0 Å². The van der Waals surface area contributed by atoms with Crippen LogP contribution in [0.1, 0.15) is 35.1 Å². The molecule has 1 aliphatic rings. The SMILES string of the molecule is Cc1nnc(SCC(=O)Nc2sccc2C(N)=O)n1C1CC1. The van der Waals surface area contributed by atoms with Crippen molar-refractivity contribution in [1.29, 1.82) is 0 Å². The summed E-state index contributed by atoms with van der Waals surface area (Å²) in [6.07, 6.45) is 2.27. The highest BCUT2D eigenvalue weighted by Crippen LogP contribution is 2.38. The van der Waals surface area contributed by atoms with Crippen LogP contribution in [-0.2, 0) is 4.79 Å². The highest BCUT2D eigenvalue weighted by molar-refractivity contribution is 7.99. The molecule has 2 amide bonds. The second kappa shape index (κ2) is 6.09. The number of nitrogens with zero attached hydrogens (tertiary/aromatic N) is 3. The molecule has 0 unspecified atom stereocenters. The van der Waals surface area contributed by atoms with E-state index in [2.05, 4.69) is 20.1 Å². The summed E-state index contributed by atoms with van der Waals surface area (Å²) in [5, 5.41) is 13.9. The summed E-state index contributed by atoms with van der Waals surface area (Å²) in [6.45, 7) is 1.92. The molecule has 2 aromatic rings. The van der Waals surface area contributed by atoms with E-state index in [1.54, 1.807) is 11.4 Å². The Balaban J connectivity index is 1.61. The highest BCUT2D eigenvalue weighted by atomic mass is 32.2. The van der Waals surface area contributed by atoms with Gasteiger partial charge in [0, 0.05) is 6.04 Å². The third kappa shape index (κ3) is 3.14. The summed E-state index contributed by atoms with van der Waals surface area (Å²) in [4.78, 5) is 23.3. The number of nitrogens with two attached hydrogens (primary N) is 1. The standard InChI is InChI=1S/C13H15N5O2S2/c1-7-16-17-13(18(7)8-2-3-8)22-6-10(19)15-12-9(11(14)20)4-5-21-12/h4-5,8H,2-3,6H2,1H3,(H2,14,20)(H,15,19). The lowest BCUT2D eigenvalue weighted by Crippen LogP contribution is -2.18. The van der Waals surface area contributed by atoms with Crippen molar-refractivity contribution in [3.05, 3.63) is 22.8 Å². The van der Waals surface area contributed by atoms with Crippen molar-refractivity contribution in [2.45, 2.75) is 31.0 Å². The van der Waals surface area contributed by atoms with E-state index in [9.17, 15) is 9.59 Å². The number of aryl methyl sites for hydroxylation is 1. The first-order valence-electron chi connectivity index (χ1n) is 6.77. The number of carbonyl (C=O) groups is 2. The minimum Gasteiger partial charge on any atom is -0.366 e. The fraction of sp³-hybridized carbons (Fsp3) is 0.385. The van der Waals surface area contributed by atoms with Crippen LogP contribution < -0.4 is 11.1 Å². The van der Waals surface area contributed by atoms with E-state index in [-0.39, 0.29) is 11.7 Å². The van der Waals surface area contributed by atoms with E-state index in [0.29, 0.717) is 16.6 Å². The van der Waals surface area contributed by atoms with Gasteiger partial charge in [0.25, 0.3) is 5.91 Å². The number of hydrogen-bond acceptors (Lipinski definition) is 6. The van der Waals surface area contributed by atoms with Gasteiger partial charge in [0.05, 0.1) is 11.3 Å².